The molecule has 0 N–H and O–H groups in total. The summed E-state index contributed by atoms with van der Waals surface area (Å²) in [6.45, 7) is 8.09. The summed E-state index contributed by atoms with van der Waals surface area (Å²) in [5.41, 5.74) is -0.502. The van der Waals surface area contributed by atoms with Crippen molar-refractivity contribution in [2.75, 3.05) is 6.54 Å². The summed E-state index contributed by atoms with van der Waals surface area (Å²) in [6, 6.07) is -0.259. The van der Waals surface area contributed by atoms with E-state index >= 15 is 0 Å². The topological polar surface area (TPSA) is 46.6 Å². The van der Waals surface area contributed by atoms with Gasteiger partial charge in [-0.2, -0.15) is 0 Å². The van der Waals surface area contributed by atoms with E-state index in [9.17, 15) is 9.59 Å². The lowest BCUT2D eigenvalue weighted by molar-refractivity contribution is -0.120. The van der Waals surface area contributed by atoms with Crippen LogP contribution in [0.4, 0.5) is 4.79 Å². The van der Waals surface area contributed by atoms with Crippen molar-refractivity contribution >= 4 is 11.9 Å². The highest BCUT2D eigenvalue weighted by atomic mass is 16.6. The maximum absolute atomic E-state index is 11.9. The van der Waals surface area contributed by atoms with E-state index < -0.39 is 5.60 Å². The molecule has 0 saturated carbocycles. The standard InChI is InChI=1S/C13H23NO3/c1-5-6-7-10-11(15)8-9-14(10)12(16)17-13(2,3)4/h10H,5-9H2,1-4H3. The number of carbonyl (C=O) groups excluding carboxylic acids is 2. The minimum atomic E-state index is -0.502. The maximum Gasteiger partial charge on any atom is 0.410 e. The van der Waals surface area contributed by atoms with Crippen molar-refractivity contribution in [1.82, 2.24) is 4.90 Å². The van der Waals surface area contributed by atoms with E-state index in [0.29, 0.717) is 13.0 Å². The third-order valence-corrected chi connectivity index (χ3v) is 2.81. The second kappa shape index (κ2) is 5.52. The molecule has 1 rings (SSSR count). The highest BCUT2D eigenvalue weighted by Gasteiger charge is 2.37. The highest BCUT2D eigenvalue weighted by molar-refractivity contribution is 5.90. The van der Waals surface area contributed by atoms with Gasteiger partial charge in [0.2, 0.25) is 0 Å². The lowest BCUT2D eigenvalue weighted by Crippen LogP contribution is -2.41. The summed E-state index contributed by atoms with van der Waals surface area (Å²) in [7, 11) is 0. The van der Waals surface area contributed by atoms with Crippen molar-refractivity contribution in [3.8, 4) is 0 Å². The van der Waals surface area contributed by atoms with Gasteiger partial charge in [-0.25, -0.2) is 4.79 Å². The van der Waals surface area contributed by atoms with Crippen LogP contribution < -0.4 is 0 Å². The summed E-state index contributed by atoms with van der Waals surface area (Å²) in [6.07, 6.45) is 2.87. The Morgan fingerprint density at radius 2 is 2.12 bits per heavy atom. The van der Waals surface area contributed by atoms with Gasteiger partial charge >= 0.3 is 6.09 Å². The number of hydrogen-bond acceptors (Lipinski definition) is 3. The van der Waals surface area contributed by atoms with Crippen LogP contribution in [-0.4, -0.2) is 35.0 Å². The monoisotopic (exact) mass is 241 g/mol. The number of ketones is 1. The summed E-state index contributed by atoms with van der Waals surface area (Å²) in [5, 5.41) is 0. The first-order valence-corrected chi connectivity index (χ1v) is 6.37. The Balaban J connectivity index is 2.62. The molecule has 0 aliphatic carbocycles. The van der Waals surface area contributed by atoms with E-state index in [4.69, 9.17) is 4.74 Å². The third kappa shape index (κ3) is 4.02. The average Bonchev–Trinajstić information content (AvgIpc) is 2.54. The second-order valence-electron chi connectivity index (χ2n) is 5.55. The Morgan fingerprint density at radius 3 is 2.65 bits per heavy atom. The van der Waals surface area contributed by atoms with Crippen LogP contribution >= 0.6 is 0 Å². The molecule has 1 amide bonds. The molecule has 17 heavy (non-hydrogen) atoms. The molecule has 98 valence electrons. The fourth-order valence-electron chi connectivity index (χ4n) is 1.98. The highest BCUT2D eigenvalue weighted by Crippen LogP contribution is 2.21. The van der Waals surface area contributed by atoms with Crippen LogP contribution in [-0.2, 0) is 9.53 Å². The number of carbonyl (C=O) groups is 2. The predicted octanol–water partition coefficient (Wildman–Crippen LogP) is 2.76. The van der Waals surface area contributed by atoms with Gasteiger partial charge in [0.25, 0.3) is 0 Å². The summed E-state index contributed by atoms with van der Waals surface area (Å²) >= 11 is 0. The van der Waals surface area contributed by atoms with Crippen molar-refractivity contribution in [3.63, 3.8) is 0 Å². The zero-order chi connectivity index (χ0) is 13.1. The van der Waals surface area contributed by atoms with Crippen molar-refractivity contribution < 1.29 is 14.3 Å². The number of hydrogen-bond donors (Lipinski definition) is 0. The first-order chi connectivity index (χ1) is 7.85. The number of nitrogens with zero attached hydrogens (tertiary/aromatic N) is 1. The molecule has 0 aromatic heterocycles. The lowest BCUT2D eigenvalue weighted by atomic mass is 10.1. The number of unbranched alkanes of at least 4 members (excludes halogenated alkanes) is 1. The first kappa shape index (κ1) is 14.0. The van der Waals surface area contributed by atoms with Crippen LogP contribution in [0.15, 0.2) is 0 Å². The zero-order valence-electron chi connectivity index (χ0n) is 11.3. The molecule has 1 unspecified atom stereocenters. The molecule has 0 spiro atoms. The van der Waals surface area contributed by atoms with Gasteiger partial charge in [-0.15, -0.1) is 0 Å². The molecule has 1 heterocycles. The minimum absolute atomic E-state index is 0.171. The molecule has 4 heteroatoms. The van der Waals surface area contributed by atoms with Crippen molar-refractivity contribution in [3.05, 3.63) is 0 Å². The molecule has 1 aliphatic heterocycles. The molecule has 1 aliphatic rings. The normalized spacial score (nSPS) is 20.8. The van der Waals surface area contributed by atoms with Crippen LogP contribution in [0.3, 0.4) is 0 Å². The SMILES string of the molecule is CCCCC1C(=O)CCN1C(=O)OC(C)(C)C. The van der Waals surface area contributed by atoms with Crippen molar-refractivity contribution in [2.45, 2.75) is 65.0 Å². The summed E-state index contributed by atoms with van der Waals surface area (Å²) in [4.78, 5) is 25.2. The van der Waals surface area contributed by atoms with Gasteiger partial charge in [-0.3, -0.25) is 9.69 Å². The van der Waals surface area contributed by atoms with Crippen molar-refractivity contribution in [2.24, 2.45) is 0 Å². The lowest BCUT2D eigenvalue weighted by Gasteiger charge is -2.27. The fourth-order valence-corrected chi connectivity index (χ4v) is 1.98. The van der Waals surface area contributed by atoms with Gasteiger partial charge in [-0.1, -0.05) is 19.8 Å². The molecule has 1 atom stereocenters. The van der Waals surface area contributed by atoms with Gasteiger partial charge < -0.3 is 4.74 Å². The summed E-state index contributed by atoms with van der Waals surface area (Å²) < 4.78 is 5.31. The van der Waals surface area contributed by atoms with E-state index in [0.717, 1.165) is 19.3 Å². The predicted molar refractivity (Wildman–Crippen MR) is 65.9 cm³/mol. The largest absolute Gasteiger partial charge is 0.444 e. The van der Waals surface area contributed by atoms with Gasteiger partial charge in [-0.05, 0) is 27.2 Å². The van der Waals surface area contributed by atoms with E-state index in [2.05, 4.69) is 6.92 Å². The quantitative estimate of drug-likeness (QED) is 0.763. The van der Waals surface area contributed by atoms with E-state index in [-0.39, 0.29) is 17.9 Å². The van der Waals surface area contributed by atoms with Gasteiger partial charge in [0.15, 0.2) is 5.78 Å². The summed E-state index contributed by atoms with van der Waals surface area (Å²) in [5.74, 6) is 0.171. The number of amides is 1. The Bertz CT molecular complexity index is 294. The molecular weight excluding hydrogens is 218 g/mol. The molecular formula is C13H23NO3. The van der Waals surface area contributed by atoms with Crippen LogP contribution in [0.5, 0.6) is 0 Å². The molecule has 0 aromatic rings. The Hall–Kier alpha value is -1.06. The van der Waals surface area contributed by atoms with Crippen LogP contribution in [0.1, 0.15) is 53.4 Å². The number of rotatable bonds is 3. The average molecular weight is 241 g/mol. The number of Topliss-reactive ketones (excluding diaryl/α,β-unsaturated/α-hetero) is 1. The number of likely N-dealkylation sites (tertiary alicyclic amines) is 1. The Kier molecular flexibility index (Phi) is 4.54. The smallest absolute Gasteiger partial charge is 0.410 e. The van der Waals surface area contributed by atoms with Crippen molar-refractivity contribution in [1.29, 1.82) is 0 Å². The molecule has 1 fully saturated rings. The third-order valence-electron chi connectivity index (χ3n) is 2.81. The van der Waals surface area contributed by atoms with E-state index in [1.165, 1.54) is 0 Å². The van der Waals surface area contributed by atoms with Gasteiger partial charge in [0.1, 0.15) is 5.60 Å². The minimum Gasteiger partial charge on any atom is -0.444 e. The Morgan fingerprint density at radius 1 is 1.47 bits per heavy atom. The van der Waals surface area contributed by atoms with E-state index in [1.54, 1.807) is 4.90 Å². The number of ether oxygens (including phenoxy) is 1. The zero-order valence-corrected chi connectivity index (χ0v) is 11.3. The van der Waals surface area contributed by atoms with Gasteiger partial charge in [0.05, 0.1) is 6.04 Å². The molecule has 0 aromatic carbocycles. The Labute approximate surface area is 103 Å². The van der Waals surface area contributed by atoms with Crippen LogP contribution in [0.25, 0.3) is 0 Å². The van der Waals surface area contributed by atoms with E-state index in [1.807, 2.05) is 20.8 Å². The molecule has 1 saturated heterocycles. The van der Waals surface area contributed by atoms with Crippen LogP contribution in [0, 0.1) is 0 Å². The van der Waals surface area contributed by atoms with Gasteiger partial charge in [0, 0.05) is 13.0 Å². The maximum atomic E-state index is 11.9. The second-order valence-corrected chi connectivity index (χ2v) is 5.55. The molecule has 4 nitrogen and oxygen atoms in total. The fraction of sp³-hybridized carbons (Fsp3) is 0.846. The molecule has 0 bridgehead atoms. The molecule has 0 radical (unpaired) electrons. The van der Waals surface area contributed by atoms with Crippen LogP contribution in [0.2, 0.25) is 0 Å². The first-order valence-electron chi connectivity index (χ1n) is 6.37.